The average molecular weight is 230 g/mol. The van der Waals surface area contributed by atoms with E-state index < -0.39 is 0 Å². The molecule has 0 spiro atoms. The van der Waals surface area contributed by atoms with Gasteiger partial charge in [-0.25, -0.2) is 4.39 Å². The second-order valence-corrected chi connectivity index (χ2v) is 4.11. The Labute approximate surface area is 78.9 Å². The van der Waals surface area contributed by atoms with Crippen LogP contribution in [0.15, 0.2) is 22.7 Å². The lowest BCUT2D eigenvalue weighted by Crippen LogP contribution is -2.20. The summed E-state index contributed by atoms with van der Waals surface area (Å²) < 4.78 is 13.9. The molecule has 0 unspecified atom stereocenters. The van der Waals surface area contributed by atoms with Gasteiger partial charge in [0.15, 0.2) is 0 Å². The molecule has 1 nitrogen and oxygen atoms in total. The van der Waals surface area contributed by atoms with E-state index in [1.807, 2.05) is 6.07 Å². The lowest BCUT2D eigenvalue weighted by Gasteiger charge is -2.10. The monoisotopic (exact) mass is 229 g/mol. The Bertz CT molecular complexity index is 320. The van der Waals surface area contributed by atoms with Crippen molar-refractivity contribution in [2.75, 3.05) is 0 Å². The molecule has 3 heteroatoms. The maximum atomic E-state index is 13.4. The van der Waals surface area contributed by atoms with Crippen molar-refractivity contribution in [2.24, 2.45) is 5.73 Å². The average Bonchev–Trinajstić information content (AvgIpc) is 2.75. The van der Waals surface area contributed by atoms with E-state index in [1.165, 1.54) is 0 Å². The molecule has 0 saturated heterocycles. The van der Waals surface area contributed by atoms with Gasteiger partial charge in [-0.2, -0.15) is 0 Å². The predicted octanol–water partition coefficient (Wildman–Crippen LogP) is 2.54. The number of halogens is 2. The van der Waals surface area contributed by atoms with Crippen molar-refractivity contribution in [2.45, 2.75) is 18.4 Å². The van der Waals surface area contributed by atoms with E-state index in [-0.39, 0.29) is 11.4 Å². The maximum absolute atomic E-state index is 13.4. The topological polar surface area (TPSA) is 26.0 Å². The molecule has 0 aliphatic heterocycles. The fraction of sp³-hybridized carbons (Fsp3) is 0.333. The molecule has 12 heavy (non-hydrogen) atoms. The zero-order valence-electron chi connectivity index (χ0n) is 6.48. The Morgan fingerprint density at radius 3 is 2.67 bits per heavy atom. The molecule has 1 aromatic rings. The van der Waals surface area contributed by atoms with Gasteiger partial charge in [-0.1, -0.05) is 12.1 Å². The Hall–Kier alpha value is -0.410. The Balaban J connectivity index is 2.51. The summed E-state index contributed by atoms with van der Waals surface area (Å²) in [7, 11) is 0. The van der Waals surface area contributed by atoms with Gasteiger partial charge in [0.05, 0.1) is 4.47 Å². The first-order valence-electron chi connectivity index (χ1n) is 3.87. The van der Waals surface area contributed by atoms with Crippen molar-refractivity contribution in [1.29, 1.82) is 0 Å². The molecule has 1 fully saturated rings. The zero-order valence-corrected chi connectivity index (χ0v) is 8.07. The van der Waals surface area contributed by atoms with Gasteiger partial charge in [-0.05, 0) is 34.8 Å². The van der Waals surface area contributed by atoms with Crippen LogP contribution in [0, 0.1) is 5.82 Å². The van der Waals surface area contributed by atoms with Crippen molar-refractivity contribution in [3.63, 3.8) is 0 Å². The minimum Gasteiger partial charge on any atom is -0.321 e. The van der Waals surface area contributed by atoms with Crippen LogP contribution in [0.5, 0.6) is 0 Å². The molecule has 2 rings (SSSR count). The standard InChI is InChI=1S/C9H9BrFN/c10-7-3-1-2-6(8(7)11)9(12)4-5-9/h1-3H,4-5,12H2. The third-order valence-electron chi connectivity index (χ3n) is 2.28. The molecular weight excluding hydrogens is 221 g/mol. The number of nitrogens with two attached hydrogens (primary N) is 1. The number of rotatable bonds is 1. The van der Waals surface area contributed by atoms with Crippen LogP contribution in [-0.2, 0) is 5.54 Å². The normalized spacial score (nSPS) is 19.2. The van der Waals surface area contributed by atoms with Crippen molar-refractivity contribution >= 4 is 15.9 Å². The molecule has 1 aliphatic carbocycles. The van der Waals surface area contributed by atoms with Gasteiger partial charge in [0.2, 0.25) is 0 Å². The Kier molecular flexibility index (Phi) is 1.73. The number of benzene rings is 1. The molecular formula is C9H9BrFN. The van der Waals surface area contributed by atoms with Gasteiger partial charge in [0.25, 0.3) is 0 Å². The van der Waals surface area contributed by atoms with Crippen LogP contribution in [0.4, 0.5) is 4.39 Å². The van der Waals surface area contributed by atoms with Crippen molar-refractivity contribution < 1.29 is 4.39 Å². The molecule has 1 saturated carbocycles. The summed E-state index contributed by atoms with van der Waals surface area (Å²) in [6, 6.07) is 5.26. The molecule has 0 aromatic heterocycles. The van der Waals surface area contributed by atoms with Crippen LogP contribution in [0.1, 0.15) is 18.4 Å². The fourth-order valence-electron chi connectivity index (χ4n) is 1.29. The molecule has 0 heterocycles. The first kappa shape index (κ1) is 8.20. The van der Waals surface area contributed by atoms with E-state index in [9.17, 15) is 4.39 Å². The lowest BCUT2D eigenvalue weighted by molar-refractivity contribution is 0.572. The quantitative estimate of drug-likeness (QED) is 0.788. The second kappa shape index (κ2) is 2.54. The highest BCUT2D eigenvalue weighted by Gasteiger charge is 2.42. The minimum atomic E-state index is -0.381. The van der Waals surface area contributed by atoms with Gasteiger partial charge < -0.3 is 5.73 Å². The van der Waals surface area contributed by atoms with Gasteiger partial charge in [0, 0.05) is 11.1 Å². The summed E-state index contributed by atoms with van der Waals surface area (Å²) in [5.41, 5.74) is 6.13. The van der Waals surface area contributed by atoms with Crippen LogP contribution in [-0.4, -0.2) is 0 Å². The van der Waals surface area contributed by atoms with Crippen LogP contribution in [0.2, 0.25) is 0 Å². The van der Waals surface area contributed by atoms with Gasteiger partial charge >= 0.3 is 0 Å². The SMILES string of the molecule is NC1(c2cccc(Br)c2F)CC1. The molecule has 0 atom stereocenters. The number of hydrogen-bond acceptors (Lipinski definition) is 1. The van der Waals surface area contributed by atoms with Crippen LogP contribution in [0.25, 0.3) is 0 Å². The van der Waals surface area contributed by atoms with Crippen LogP contribution >= 0.6 is 15.9 Å². The van der Waals surface area contributed by atoms with E-state index in [0.717, 1.165) is 12.8 Å². The molecule has 0 amide bonds. The zero-order chi connectivity index (χ0) is 8.77. The van der Waals surface area contributed by atoms with Crippen molar-refractivity contribution in [3.8, 4) is 0 Å². The largest absolute Gasteiger partial charge is 0.321 e. The fourth-order valence-corrected chi connectivity index (χ4v) is 1.66. The summed E-state index contributed by atoms with van der Waals surface area (Å²) in [5.74, 6) is -0.211. The molecule has 64 valence electrons. The lowest BCUT2D eigenvalue weighted by atomic mass is 10.1. The molecule has 2 N–H and O–H groups in total. The van der Waals surface area contributed by atoms with E-state index in [1.54, 1.807) is 12.1 Å². The first-order valence-corrected chi connectivity index (χ1v) is 4.66. The maximum Gasteiger partial charge on any atom is 0.142 e. The highest BCUT2D eigenvalue weighted by Crippen LogP contribution is 2.44. The second-order valence-electron chi connectivity index (χ2n) is 3.26. The van der Waals surface area contributed by atoms with Gasteiger partial charge in [0.1, 0.15) is 5.82 Å². The van der Waals surface area contributed by atoms with E-state index in [2.05, 4.69) is 15.9 Å². The molecule has 0 bridgehead atoms. The van der Waals surface area contributed by atoms with Gasteiger partial charge in [-0.3, -0.25) is 0 Å². The smallest absolute Gasteiger partial charge is 0.142 e. The molecule has 1 aliphatic rings. The summed E-state index contributed by atoms with van der Waals surface area (Å²) in [4.78, 5) is 0. The Morgan fingerprint density at radius 2 is 2.08 bits per heavy atom. The third-order valence-corrected chi connectivity index (χ3v) is 2.89. The number of hydrogen-bond donors (Lipinski definition) is 1. The summed E-state index contributed by atoms with van der Waals surface area (Å²) in [5, 5.41) is 0. The summed E-state index contributed by atoms with van der Waals surface area (Å²) in [6.07, 6.45) is 1.78. The van der Waals surface area contributed by atoms with Gasteiger partial charge in [-0.15, -0.1) is 0 Å². The summed E-state index contributed by atoms with van der Waals surface area (Å²) >= 11 is 3.14. The molecule has 1 aromatic carbocycles. The highest BCUT2D eigenvalue weighted by atomic mass is 79.9. The van der Waals surface area contributed by atoms with E-state index in [0.29, 0.717) is 10.0 Å². The van der Waals surface area contributed by atoms with E-state index >= 15 is 0 Å². The predicted molar refractivity (Wildman–Crippen MR) is 49.2 cm³/mol. The molecule has 0 radical (unpaired) electrons. The highest BCUT2D eigenvalue weighted by molar-refractivity contribution is 9.10. The van der Waals surface area contributed by atoms with Crippen molar-refractivity contribution in [3.05, 3.63) is 34.1 Å². The van der Waals surface area contributed by atoms with E-state index in [4.69, 9.17) is 5.73 Å². The third kappa shape index (κ3) is 1.17. The van der Waals surface area contributed by atoms with Crippen LogP contribution < -0.4 is 5.73 Å². The Morgan fingerprint density at radius 1 is 1.42 bits per heavy atom. The van der Waals surface area contributed by atoms with Crippen molar-refractivity contribution in [1.82, 2.24) is 0 Å². The summed E-state index contributed by atoms with van der Waals surface area (Å²) in [6.45, 7) is 0. The first-order chi connectivity index (χ1) is 5.63. The van der Waals surface area contributed by atoms with Crippen LogP contribution in [0.3, 0.4) is 0 Å². The minimum absolute atomic E-state index is 0.211.